The summed E-state index contributed by atoms with van der Waals surface area (Å²) in [6, 6.07) is 6.64. The van der Waals surface area contributed by atoms with Crippen LogP contribution in [0.4, 0.5) is 17.6 Å². The van der Waals surface area contributed by atoms with E-state index in [1.165, 1.54) is 12.3 Å². The van der Waals surface area contributed by atoms with Crippen LogP contribution in [0.15, 0.2) is 42.6 Å². The van der Waals surface area contributed by atoms with E-state index in [1.807, 2.05) is 25.5 Å². The van der Waals surface area contributed by atoms with E-state index in [9.17, 15) is 21.6 Å². The molecular formula is C24H25ClF4N2O2S. The van der Waals surface area contributed by atoms with Crippen molar-refractivity contribution in [1.82, 2.24) is 9.29 Å². The molecule has 1 aliphatic rings. The number of hydrogen-bond acceptors (Lipinski definition) is 2. The molecule has 0 bridgehead atoms. The molecule has 4 nitrogen and oxygen atoms in total. The number of alkyl halides is 3. The molecule has 1 atom stereocenters. The van der Waals surface area contributed by atoms with E-state index in [1.54, 1.807) is 28.8 Å². The molecule has 1 aromatic heterocycles. The van der Waals surface area contributed by atoms with Crippen molar-refractivity contribution in [3.05, 3.63) is 59.0 Å². The molecule has 0 spiro atoms. The predicted molar refractivity (Wildman–Crippen MR) is 126 cm³/mol. The van der Waals surface area contributed by atoms with Gasteiger partial charge in [0.25, 0.3) is 0 Å². The summed E-state index contributed by atoms with van der Waals surface area (Å²) in [6.45, 7) is 6.10. The maximum atomic E-state index is 15.3. The Morgan fingerprint density at radius 1 is 1.12 bits per heavy atom. The number of nitrogens with one attached hydrogen (secondary N) is 1. The zero-order chi connectivity index (χ0) is 25.1. The van der Waals surface area contributed by atoms with Crippen LogP contribution in [-0.4, -0.2) is 24.4 Å². The second-order valence-corrected chi connectivity index (χ2v) is 12.3. The first kappa shape index (κ1) is 25.0. The summed E-state index contributed by atoms with van der Waals surface area (Å²) in [5, 5.41) is -0.525. The minimum Gasteiger partial charge on any atom is -0.347 e. The largest absolute Gasteiger partial charge is 0.408 e. The van der Waals surface area contributed by atoms with Crippen LogP contribution in [0.3, 0.4) is 0 Å². The fourth-order valence-electron chi connectivity index (χ4n) is 4.04. The van der Waals surface area contributed by atoms with Crippen LogP contribution in [0, 0.1) is 11.2 Å². The molecule has 1 saturated carbocycles. The molecule has 1 aliphatic carbocycles. The van der Waals surface area contributed by atoms with Crippen LogP contribution in [0.5, 0.6) is 0 Å². The first-order valence-electron chi connectivity index (χ1n) is 10.8. The van der Waals surface area contributed by atoms with Crippen molar-refractivity contribution in [3.8, 4) is 11.1 Å². The molecule has 0 aliphatic heterocycles. The quantitative estimate of drug-likeness (QED) is 0.365. The summed E-state index contributed by atoms with van der Waals surface area (Å²) in [4.78, 5) is 0. The molecule has 2 aromatic carbocycles. The van der Waals surface area contributed by atoms with Gasteiger partial charge in [-0.05, 0) is 36.5 Å². The van der Waals surface area contributed by atoms with E-state index in [0.29, 0.717) is 35.5 Å². The molecule has 34 heavy (non-hydrogen) atoms. The maximum absolute atomic E-state index is 15.3. The number of aromatic nitrogens is 1. The number of fused-ring (bicyclic) bond motifs is 1. The van der Waals surface area contributed by atoms with Crippen molar-refractivity contribution >= 4 is 32.5 Å². The fourth-order valence-corrected chi connectivity index (χ4v) is 5.82. The van der Waals surface area contributed by atoms with Gasteiger partial charge in [0.2, 0.25) is 10.0 Å². The lowest BCUT2D eigenvalue weighted by Gasteiger charge is -2.22. The average molecular weight is 517 g/mol. The summed E-state index contributed by atoms with van der Waals surface area (Å²) in [5.41, 5.74) is 0.279. The van der Waals surface area contributed by atoms with Gasteiger partial charge in [0.1, 0.15) is 11.9 Å². The Labute approximate surface area is 201 Å². The topological polar surface area (TPSA) is 51.1 Å². The third kappa shape index (κ3) is 5.11. The lowest BCUT2D eigenvalue weighted by atomic mass is 9.96. The predicted octanol–water partition coefficient (Wildman–Crippen LogP) is 6.83. The highest BCUT2D eigenvalue weighted by Gasteiger charge is 2.47. The lowest BCUT2D eigenvalue weighted by molar-refractivity contribution is -0.152. The summed E-state index contributed by atoms with van der Waals surface area (Å²) >= 11 is 6.25. The van der Waals surface area contributed by atoms with Crippen molar-refractivity contribution in [2.45, 2.75) is 57.6 Å². The number of hydrogen-bond donors (Lipinski definition) is 1. The highest BCUT2D eigenvalue weighted by molar-refractivity contribution is 7.90. The number of benzene rings is 2. The van der Waals surface area contributed by atoms with Gasteiger partial charge in [0, 0.05) is 45.4 Å². The van der Waals surface area contributed by atoms with E-state index >= 15 is 4.39 Å². The Bertz CT molecular complexity index is 1340. The summed E-state index contributed by atoms with van der Waals surface area (Å²) < 4.78 is 86.0. The molecular weight excluding hydrogens is 492 g/mol. The van der Waals surface area contributed by atoms with E-state index < -0.39 is 33.3 Å². The summed E-state index contributed by atoms with van der Waals surface area (Å²) in [5.74, 6) is -0.749. The van der Waals surface area contributed by atoms with Crippen LogP contribution in [0.2, 0.25) is 5.02 Å². The van der Waals surface area contributed by atoms with E-state index in [2.05, 4.69) is 0 Å². The molecule has 1 fully saturated rings. The first-order chi connectivity index (χ1) is 15.7. The van der Waals surface area contributed by atoms with Crippen molar-refractivity contribution < 1.29 is 26.0 Å². The standard InChI is InChI=1S/C24H25ClF4N2O2S/c1-23(2,3)13-31-12-18(22(24(27,28)29)30-34(32,33)14-8-9-14)17-10-20(26)16(11-21(17)31)15-6-4-5-7-19(15)25/h4-7,10-12,14,22,30H,8-9,13H2,1-3H3/t22-/m0/s1. The lowest BCUT2D eigenvalue weighted by Crippen LogP contribution is -2.39. The molecule has 0 unspecified atom stereocenters. The second-order valence-electron chi connectivity index (χ2n) is 9.94. The van der Waals surface area contributed by atoms with Gasteiger partial charge in [0.05, 0.1) is 5.25 Å². The van der Waals surface area contributed by atoms with E-state index in [-0.39, 0.29) is 21.9 Å². The van der Waals surface area contributed by atoms with Crippen LogP contribution in [0.1, 0.15) is 45.2 Å². The minimum absolute atomic E-state index is 0.00150. The van der Waals surface area contributed by atoms with Gasteiger partial charge in [0.15, 0.2) is 0 Å². The van der Waals surface area contributed by atoms with Crippen LogP contribution in [0.25, 0.3) is 22.0 Å². The van der Waals surface area contributed by atoms with Gasteiger partial charge in [-0.2, -0.15) is 17.9 Å². The third-order valence-electron chi connectivity index (χ3n) is 5.69. The Hall–Kier alpha value is -2.10. The monoisotopic (exact) mass is 516 g/mol. The van der Waals surface area contributed by atoms with Gasteiger partial charge in [-0.1, -0.05) is 50.6 Å². The van der Waals surface area contributed by atoms with Crippen LogP contribution in [-0.2, 0) is 16.6 Å². The average Bonchev–Trinajstić information content (AvgIpc) is 3.50. The van der Waals surface area contributed by atoms with Crippen LogP contribution < -0.4 is 4.72 Å². The van der Waals surface area contributed by atoms with Gasteiger partial charge in [-0.3, -0.25) is 0 Å². The normalized spacial score (nSPS) is 16.2. The Morgan fingerprint density at radius 3 is 2.32 bits per heavy atom. The van der Waals surface area contributed by atoms with Crippen molar-refractivity contribution in [2.75, 3.05) is 0 Å². The number of halogens is 5. The van der Waals surface area contributed by atoms with E-state index in [0.717, 1.165) is 6.07 Å². The molecule has 1 N–H and O–H groups in total. The molecule has 184 valence electrons. The molecule has 0 amide bonds. The van der Waals surface area contributed by atoms with Crippen molar-refractivity contribution in [1.29, 1.82) is 0 Å². The zero-order valence-electron chi connectivity index (χ0n) is 18.9. The minimum atomic E-state index is -4.92. The molecule has 0 radical (unpaired) electrons. The highest BCUT2D eigenvalue weighted by atomic mass is 35.5. The molecule has 3 aromatic rings. The van der Waals surface area contributed by atoms with Crippen molar-refractivity contribution in [2.24, 2.45) is 5.41 Å². The van der Waals surface area contributed by atoms with Gasteiger partial charge in [-0.15, -0.1) is 0 Å². The molecule has 1 heterocycles. The molecule has 0 saturated heterocycles. The molecule has 10 heteroatoms. The second kappa shape index (κ2) is 8.53. The zero-order valence-corrected chi connectivity index (χ0v) is 20.5. The smallest absolute Gasteiger partial charge is 0.347 e. The number of nitrogens with zero attached hydrogens (tertiary/aromatic N) is 1. The van der Waals surface area contributed by atoms with Gasteiger partial charge < -0.3 is 4.57 Å². The van der Waals surface area contributed by atoms with Crippen molar-refractivity contribution in [3.63, 3.8) is 0 Å². The highest BCUT2D eigenvalue weighted by Crippen LogP contribution is 2.42. The Kier molecular flexibility index (Phi) is 6.28. The van der Waals surface area contributed by atoms with E-state index in [4.69, 9.17) is 11.6 Å². The summed E-state index contributed by atoms with van der Waals surface area (Å²) in [6.07, 6.45) is -3.00. The summed E-state index contributed by atoms with van der Waals surface area (Å²) in [7, 11) is -4.17. The maximum Gasteiger partial charge on any atom is 0.408 e. The SMILES string of the molecule is CC(C)(C)Cn1cc([C@H](NS(=O)(=O)C2CC2)C(F)(F)F)c2cc(F)c(-c3ccccc3Cl)cc21. The van der Waals surface area contributed by atoms with Gasteiger partial charge in [-0.25, -0.2) is 12.8 Å². The fraction of sp³-hybridized carbons (Fsp3) is 0.417. The number of sulfonamides is 1. The first-order valence-corrected chi connectivity index (χ1v) is 12.7. The Balaban J connectivity index is 1.94. The number of rotatable bonds is 6. The third-order valence-corrected chi connectivity index (χ3v) is 7.94. The van der Waals surface area contributed by atoms with Gasteiger partial charge >= 0.3 is 6.18 Å². The molecule has 4 rings (SSSR count). The van der Waals surface area contributed by atoms with Crippen LogP contribution >= 0.6 is 11.6 Å². The Morgan fingerprint density at radius 2 is 1.76 bits per heavy atom.